The summed E-state index contributed by atoms with van der Waals surface area (Å²) in [6.07, 6.45) is 10.8. The van der Waals surface area contributed by atoms with E-state index in [1.807, 2.05) is 0 Å². The van der Waals surface area contributed by atoms with Crippen molar-refractivity contribution in [3.63, 3.8) is 0 Å². The minimum atomic E-state index is 0.136. The van der Waals surface area contributed by atoms with Crippen molar-refractivity contribution in [3.05, 3.63) is 29.8 Å². The molecule has 5 fully saturated rings. The second kappa shape index (κ2) is 6.37. The fraction of sp³-hybridized carbons (Fsp3) is 0.696. The van der Waals surface area contributed by atoms with Crippen LogP contribution in [0.25, 0.3) is 0 Å². The van der Waals surface area contributed by atoms with Crippen LogP contribution in [0.5, 0.6) is 0 Å². The Labute approximate surface area is 157 Å². The molecule has 6 rings (SSSR count). The summed E-state index contributed by atoms with van der Waals surface area (Å²) in [7, 11) is 2.11. The van der Waals surface area contributed by atoms with Crippen LogP contribution in [-0.2, 0) is 10.2 Å². The first-order chi connectivity index (χ1) is 12.6. The van der Waals surface area contributed by atoms with Crippen molar-refractivity contribution >= 4 is 11.6 Å². The molecule has 5 aliphatic rings. The lowest BCUT2D eigenvalue weighted by atomic mass is 9.48. The van der Waals surface area contributed by atoms with Gasteiger partial charge in [0.25, 0.3) is 0 Å². The maximum atomic E-state index is 12.6. The Bertz CT molecular complexity index is 645. The van der Waals surface area contributed by atoms with E-state index in [2.05, 4.69) is 41.5 Å². The number of hydrogen-bond donors (Lipinski definition) is 1. The van der Waals surface area contributed by atoms with E-state index in [0.29, 0.717) is 5.41 Å². The molecule has 3 heteroatoms. The molecule has 1 heterocycles. The molecule has 0 aromatic heterocycles. The summed E-state index contributed by atoms with van der Waals surface area (Å²) in [4.78, 5) is 14.8. The van der Waals surface area contributed by atoms with Crippen LogP contribution in [0.2, 0.25) is 0 Å². The molecular formula is C23H32N2O. The number of benzene rings is 1. The summed E-state index contributed by atoms with van der Waals surface area (Å²) in [5.74, 6) is 3.26. The van der Waals surface area contributed by atoms with Gasteiger partial charge in [0.05, 0.1) is 5.92 Å². The van der Waals surface area contributed by atoms with E-state index in [-0.39, 0.29) is 11.8 Å². The molecule has 1 aromatic rings. The minimum absolute atomic E-state index is 0.136. The van der Waals surface area contributed by atoms with E-state index >= 15 is 0 Å². The Morgan fingerprint density at radius 3 is 2.23 bits per heavy atom. The first-order valence-corrected chi connectivity index (χ1v) is 10.7. The molecule has 140 valence electrons. The number of piperidine rings is 1. The Balaban J connectivity index is 1.28. The average Bonchev–Trinajstić information content (AvgIpc) is 2.61. The number of carbonyl (C=O) groups is 1. The van der Waals surface area contributed by atoms with Crippen molar-refractivity contribution in [2.45, 2.75) is 56.8 Å². The molecule has 1 amide bonds. The first-order valence-electron chi connectivity index (χ1n) is 10.7. The highest BCUT2D eigenvalue weighted by atomic mass is 16.1. The smallest absolute Gasteiger partial charge is 0.228 e. The van der Waals surface area contributed by atoms with Crippen LogP contribution in [0.4, 0.5) is 5.69 Å². The van der Waals surface area contributed by atoms with Crippen LogP contribution in [0, 0.1) is 23.7 Å². The SMILES string of the molecule is CN1CCCC(C(=O)Nc2ccc(C34CC5CC(CC(C5)C3)C4)cc2)C1. The zero-order valence-corrected chi connectivity index (χ0v) is 16.0. The zero-order valence-electron chi connectivity index (χ0n) is 16.0. The van der Waals surface area contributed by atoms with Gasteiger partial charge in [-0.1, -0.05) is 12.1 Å². The zero-order chi connectivity index (χ0) is 17.7. The van der Waals surface area contributed by atoms with E-state index in [4.69, 9.17) is 0 Å². The second-order valence-electron chi connectivity index (χ2n) is 9.87. The van der Waals surface area contributed by atoms with Crippen molar-refractivity contribution in [2.75, 3.05) is 25.5 Å². The highest BCUT2D eigenvalue weighted by molar-refractivity contribution is 5.92. The van der Waals surface area contributed by atoms with E-state index in [9.17, 15) is 4.79 Å². The van der Waals surface area contributed by atoms with Crippen molar-refractivity contribution in [3.8, 4) is 0 Å². The van der Waals surface area contributed by atoms with Crippen LogP contribution in [-0.4, -0.2) is 30.9 Å². The Hall–Kier alpha value is -1.35. The van der Waals surface area contributed by atoms with Gasteiger partial charge in [-0.2, -0.15) is 0 Å². The maximum Gasteiger partial charge on any atom is 0.228 e. The summed E-state index contributed by atoms with van der Waals surface area (Å²) >= 11 is 0. The lowest BCUT2D eigenvalue weighted by Gasteiger charge is -2.57. The molecule has 1 unspecified atom stereocenters. The Kier molecular flexibility index (Phi) is 4.11. The molecule has 0 spiro atoms. The number of rotatable bonds is 3. The quantitative estimate of drug-likeness (QED) is 0.872. The van der Waals surface area contributed by atoms with Crippen molar-refractivity contribution in [1.82, 2.24) is 4.90 Å². The van der Waals surface area contributed by atoms with Gasteiger partial charge in [0.2, 0.25) is 5.91 Å². The molecule has 1 N–H and O–H groups in total. The largest absolute Gasteiger partial charge is 0.326 e. The number of nitrogens with zero attached hydrogens (tertiary/aromatic N) is 1. The van der Waals surface area contributed by atoms with Gasteiger partial charge in [0, 0.05) is 12.2 Å². The Morgan fingerprint density at radius 2 is 1.65 bits per heavy atom. The highest BCUT2D eigenvalue weighted by Gasteiger charge is 2.51. The van der Waals surface area contributed by atoms with Crippen LogP contribution in [0.1, 0.15) is 56.9 Å². The van der Waals surface area contributed by atoms with E-state index in [0.717, 1.165) is 49.4 Å². The molecule has 1 atom stereocenters. The van der Waals surface area contributed by atoms with E-state index in [1.165, 1.54) is 44.1 Å². The molecule has 4 saturated carbocycles. The molecule has 3 nitrogen and oxygen atoms in total. The van der Waals surface area contributed by atoms with Crippen LogP contribution in [0.15, 0.2) is 24.3 Å². The number of anilines is 1. The number of amides is 1. The van der Waals surface area contributed by atoms with Crippen molar-refractivity contribution in [2.24, 2.45) is 23.7 Å². The fourth-order valence-electron chi connectivity index (χ4n) is 7.00. The van der Waals surface area contributed by atoms with Gasteiger partial charge in [-0.25, -0.2) is 0 Å². The molecular weight excluding hydrogens is 320 g/mol. The summed E-state index contributed by atoms with van der Waals surface area (Å²) in [6.45, 7) is 2.00. The van der Waals surface area contributed by atoms with Gasteiger partial charge in [0.15, 0.2) is 0 Å². The lowest BCUT2D eigenvalue weighted by molar-refractivity contribution is -0.121. The van der Waals surface area contributed by atoms with Crippen molar-refractivity contribution in [1.29, 1.82) is 0 Å². The van der Waals surface area contributed by atoms with Gasteiger partial charge in [-0.3, -0.25) is 4.79 Å². The molecule has 1 saturated heterocycles. The van der Waals surface area contributed by atoms with Gasteiger partial charge in [-0.05, 0) is 106 Å². The molecule has 0 radical (unpaired) electrons. The summed E-state index contributed by atoms with van der Waals surface area (Å²) in [5.41, 5.74) is 2.95. The molecule has 26 heavy (non-hydrogen) atoms. The molecule has 4 bridgehead atoms. The van der Waals surface area contributed by atoms with E-state index < -0.39 is 0 Å². The summed E-state index contributed by atoms with van der Waals surface area (Å²) in [5, 5.41) is 3.17. The van der Waals surface area contributed by atoms with Crippen LogP contribution >= 0.6 is 0 Å². The van der Waals surface area contributed by atoms with Crippen molar-refractivity contribution < 1.29 is 4.79 Å². The molecule has 1 aromatic carbocycles. The number of nitrogens with one attached hydrogen (secondary N) is 1. The molecule has 1 aliphatic heterocycles. The number of likely N-dealkylation sites (tertiary alicyclic amines) is 1. The van der Waals surface area contributed by atoms with Gasteiger partial charge in [0.1, 0.15) is 0 Å². The van der Waals surface area contributed by atoms with Gasteiger partial charge >= 0.3 is 0 Å². The standard InChI is InChI=1S/C23H32N2O/c1-25-8-2-3-19(15-25)22(26)24-21-6-4-20(5-7-21)23-12-16-9-17(13-23)11-18(10-16)14-23/h4-7,16-19H,2-3,8-15H2,1H3,(H,24,26). The molecule has 4 aliphatic carbocycles. The monoisotopic (exact) mass is 352 g/mol. The third kappa shape index (κ3) is 2.98. The average molecular weight is 353 g/mol. The normalized spacial score (nSPS) is 39.1. The minimum Gasteiger partial charge on any atom is -0.326 e. The fourth-order valence-corrected chi connectivity index (χ4v) is 7.00. The third-order valence-electron chi connectivity index (χ3n) is 7.80. The summed E-state index contributed by atoms with van der Waals surface area (Å²) < 4.78 is 0. The van der Waals surface area contributed by atoms with E-state index in [1.54, 1.807) is 0 Å². The van der Waals surface area contributed by atoms with Gasteiger partial charge < -0.3 is 10.2 Å². The van der Waals surface area contributed by atoms with Crippen LogP contribution < -0.4 is 5.32 Å². The first kappa shape index (κ1) is 16.8. The van der Waals surface area contributed by atoms with Crippen LogP contribution in [0.3, 0.4) is 0 Å². The number of hydrogen-bond acceptors (Lipinski definition) is 2. The number of carbonyl (C=O) groups excluding carboxylic acids is 1. The highest BCUT2D eigenvalue weighted by Crippen LogP contribution is 2.60. The summed E-state index contributed by atoms with van der Waals surface area (Å²) in [6, 6.07) is 8.93. The predicted octanol–water partition coefficient (Wildman–Crippen LogP) is 4.43. The second-order valence-corrected chi connectivity index (χ2v) is 9.87. The maximum absolute atomic E-state index is 12.6. The predicted molar refractivity (Wildman–Crippen MR) is 105 cm³/mol. The Morgan fingerprint density at radius 1 is 1.04 bits per heavy atom. The lowest BCUT2D eigenvalue weighted by Crippen LogP contribution is -2.48. The third-order valence-corrected chi connectivity index (χ3v) is 7.80. The van der Waals surface area contributed by atoms with Gasteiger partial charge in [-0.15, -0.1) is 0 Å². The topological polar surface area (TPSA) is 32.3 Å².